The Morgan fingerprint density at radius 3 is 2.31 bits per heavy atom. The van der Waals surface area contributed by atoms with Crippen molar-refractivity contribution in [2.75, 3.05) is 0 Å². The number of hydrogen-bond donors (Lipinski definition) is 2. The Balaban J connectivity index is 1.87. The molecule has 0 atom stereocenters. The second kappa shape index (κ2) is 4.35. The molecule has 0 bridgehead atoms. The fraction of sp³-hybridized carbons (Fsp3) is 0.333. The maximum absolute atomic E-state index is 11.6. The summed E-state index contributed by atoms with van der Waals surface area (Å²) in [5.74, 6) is -0.284. The number of carbonyl (C=O) groups excluding carboxylic acids is 2. The van der Waals surface area contributed by atoms with Gasteiger partial charge in [0, 0.05) is 11.5 Å². The van der Waals surface area contributed by atoms with E-state index in [9.17, 15) is 9.59 Å². The van der Waals surface area contributed by atoms with Crippen LogP contribution < -0.4 is 10.9 Å². The van der Waals surface area contributed by atoms with Crippen molar-refractivity contribution in [2.45, 2.75) is 19.8 Å². The Labute approximate surface area is 94.0 Å². The topological polar surface area (TPSA) is 58.2 Å². The molecule has 1 saturated carbocycles. The van der Waals surface area contributed by atoms with Crippen LogP contribution in [0.5, 0.6) is 0 Å². The molecule has 1 fully saturated rings. The first-order valence-electron chi connectivity index (χ1n) is 5.33. The normalized spacial score (nSPS) is 14.3. The first kappa shape index (κ1) is 10.7. The van der Waals surface area contributed by atoms with E-state index in [-0.39, 0.29) is 17.7 Å². The summed E-state index contributed by atoms with van der Waals surface area (Å²) in [6.45, 7) is 1.95. The maximum Gasteiger partial charge on any atom is 0.269 e. The van der Waals surface area contributed by atoms with Crippen LogP contribution in [0, 0.1) is 12.8 Å². The van der Waals surface area contributed by atoms with Gasteiger partial charge in [-0.15, -0.1) is 0 Å². The Hall–Kier alpha value is -1.84. The monoisotopic (exact) mass is 218 g/mol. The summed E-state index contributed by atoms with van der Waals surface area (Å²) in [7, 11) is 0. The van der Waals surface area contributed by atoms with Gasteiger partial charge < -0.3 is 0 Å². The molecule has 2 amide bonds. The number of hydrogen-bond acceptors (Lipinski definition) is 2. The molecule has 84 valence electrons. The highest BCUT2D eigenvalue weighted by atomic mass is 16.2. The van der Waals surface area contributed by atoms with Gasteiger partial charge >= 0.3 is 0 Å². The zero-order valence-corrected chi connectivity index (χ0v) is 9.12. The molecule has 16 heavy (non-hydrogen) atoms. The van der Waals surface area contributed by atoms with Crippen molar-refractivity contribution in [3.63, 3.8) is 0 Å². The summed E-state index contributed by atoms with van der Waals surface area (Å²) in [6.07, 6.45) is 1.85. The Bertz CT molecular complexity index is 408. The van der Waals surface area contributed by atoms with Crippen LogP contribution in [0.25, 0.3) is 0 Å². The summed E-state index contributed by atoms with van der Waals surface area (Å²) in [5.41, 5.74) is 6.46. The zero-order valence-electron chi connectivity index (χ0n) is 9.12. The van der Waals surface area contributed by atoms with E-state index >= 15 is 0 Å². The van der Waals surface area contributed by atoms with Crippen molar-refractivity contribution in [1.82, 2.24) is 10.9 Å². The SMILES string of the molecule is Cc1ccc(C(=O)NNC(=O)C2CC2)cc1. The number of rotatable bonds is 2. The van der Waals surface area contributed by atoms with Crippen molar-refractivity contribution >= 4 is 11.8 Å². The molecule has 1 aliphatic carbocycles. The first-order chi connectivity index (χ1) is 7.66. The van der Waals surface area contributed by atoms with Gasteiger partial charge in [0.25, 0.3) is 5.91 Å². The summed E-state index contributed by atoms with van der Waals surface area (Å²) < 4.78 is 0. The van der Waals surface area contributed by atoms with Crippen molar-refractivity contribution in [1.29, 1.82) is 0 Å². The predicted octanol–water partition coefficient (Wildman–Crippen LogP) is 1.17. The van der Waals surface area contributed by atoms with Gasteiger partial charge in [-0.05, 0) is 31.9 Å². The average molecular weight is 218 g/mol. The van der Waals surface area contributed by atoms with Crippen molar-refractivity contribution in [2.24, 2.45) is 5.92 Å². The molecule has 0 heterocycles. The number of carbonyl (C=O) groups is 2. The lowest BCUT2D eigenvalue weighted by Crippen LogP contribution is -2.42. The van der Waals surface area contributed by atoms with Crippen LogP contribution in [-0.4, -0.2) is 11.8 Å². The van der Waals surface area contributed by atoms with Crippen LogP contribution in [0.15, 0.2) is 24.3 Å². The minimum Gasteiger partial charge on any atom is -0.273 e. The first-order valence-corrected chi connectivity index (χ1v) is 5.33. The van der Waals surface area contributed by atoms with Crippen LogP contribution in [0.1, 0.15) is 28.8 Å². The summed E-state index contributed by atoms with van der Waals surface area (Å²) >= 11 is 0. The maximum atomic E-state index is 11.6. The fourth-order valence-electron chi connectivity index (χ4n) is 1.34. The minimum absolute atomic E-state index is 0.0957. The van der Waals surface area contributed by atoms with Gasteiger partial charge in [-0.2, -0.15) is 0 Å². The van der Waals surface area contributed by atoms with E-state index in [0.29, 0.717) is 5.56 Å². The highest BCUT2D eigenvalue weighted by Crippen LogP contribution is 2.28. The van der Waals surface area contributed by atoms with E-state index in [1.54, 1.807) is 12.1 Å². The quantitative estimate of drug-likeness (QED) is 0.732. The molecular formula is C12H14N2O2. The zero-order chi connectivity index (χ0) is 11.5. The molecule has 0 spiro atoms. The lowest BCUT2D eigenvalue weighted by Gasteiger charge is -2.06. The molecular weight excluding hydrogens is 204 g/mol. The third-order valence-corrected chi connectivity index (χ3v) is 2.56. The van der Waals surface area contributed by atoms with Crippen LogP contribution >= 0.6 is 0 Å². The molecule has 0 saturated heterocycles. The van der Waals surface area contributed by atoms with Crippen molar-refractivity contribution < 1.29 is 9.59 Å². The Morgan fingerprint density at radius 2 is 1.75 bits per heavy atom. The number of amides is 2. The third kappa shape index (κ3) is 2.59. The average Bonchev–Trinajstić information content (AvgIpc) is 3.10. The van der Waals surface area contributed by atoms with Gasteiger partial charge in [0.15, 0.2) is 0 Å². The van der Waals surface area contributed by atoms with Crippen LogP contribution in [0.2, 0.25) is 0 Å². The Kier molecular flexibility index (Phi) is 2.90. The van der Waals surface area contributed by atoms with Gasteiger partial charge in [0.05, 0.1) is 0 Å². The van der Waals surface area contributed by atoms with Gasteiger partial charge in [-0.25, -0.2) is 0 Å². The van der Waals surface area contributed by atoms with E-state index in [2.05, 4.69) is 10.9 Å². The molecule has 2 rings (SSSR count). The highest BCUT2D eigenvalue weighted by Gasteiger charge is 2.29. The molecule has 1 aliphatic rings. The van der Waals surface area contributed by atoms with Crippen LogP contribution in [0.3, 0.4) is 0 Å². The second-order valence-corrected chi connectivity index (χ2v) is 4.08. The smallest absolute Gasteiger partial charge is 0.269 e. The lowest BCUT2D eigenvalue weighted by molar-refractivity contribution is -0.123. The standard InChI is InChI=1S/C12H14N2O2/c1-8-2-4-9(5-3-8)11(15)13-14-12(16)10-6-7-10/h2-5,10H,6-7H2,1H3,(H,13,15)(H,14,16). The number of nitrogens with one attached hydrogen (secondary N) is 2. The van der Waals surface area contributed by atoms with Gasteiger partial charge in [0.2, 0.25) is 5.91 Å². The molecule has 0 radical (unpaired) electrons. The molecule has 4 nitrogen and oxygen atoms in total. The second-order valence-electron chi connectivity index (χ2n) is 4.08. The van der Waals surface area contributed by atoms with E-state index < -0.39 is 0 Å². The van der Waals surface area contributed by atoms with Gasteiger partial charge in [-0.3, -0.25) is 20.4 Å². The third-order valence-electron chi connectivity index (χ3n) is 2.56. The van der Waals surface area contributed by atoms with E-state index in [4.69, 9.17) is 0 Å². The number of hydrazine groups is 1. The van der Waals surface area contributed by atoms with Crippen molar-refractivity contribution in [3.05, 3.63) is 35.4 Å². The van der Waals surface area contributed by atoms with E-state index in [1.807, 2.05) is 19.1 Å². The van der Waals surface area contributed by atoms with Crippen LogP contribution in [0.4, 0.5) is 0 Å². The number of benzene rings is 1. The van der Waals surface area contributed by atoms with E-state index in [0.717, 1.165) is 18.4 Å². The highest BCUT2D eigenvalue weighted by molar-refractivity contribution is 5.95. The van der Waals surface area contributed by atoms with Crippen LogP contribution in [-0.2, 0) is 4.79 Å². The summed E-state index contributed by atoms with van der Waals surface area (Å²) in [6, 6.07) is 7.18. The van der Waals surface area contributed by atoms with Gasteiger partial charge in [0.1, 0.15) is 0 Å². The van der Waals surface area contributed by atoms with Gasteiger partial charge in [-0.1, -0.05) is 17.7 Å². The molecule has 1 aromatic rings. The lowest BCUT2D eigenvalue weighted by atomic mass is 10.1. The molecule has 0 unspecified atom stereocenters. The summed E-state index contributed by atoms with van der Waals surface area (Å²) in [5, 5.41) is 0. The Morgan fingerprint density at radius 1 is 1.12 bits per heavy atom. The predicted molar refractivity (Wildman–Crippen MR) is 59.5 cm³/mol. The minimum atomic E-state index is -0.283. The van der Waals surface area contributed by atoms with E-state index in [1.165, 1.54) is 0 Å². The molecule has 1 aromatic carbocycles. The number of aryl methyl sites for hydroxylation is 1. The molecule has 2 N–H and O–H groups in total. The van der Waals surface area contributed by atoms with Crippen molar-refractivity contribution in [3.8, 4) is 0 Å². The molecule has 0 aliphatic heterocycles. The fourth-order valence-corrected chi connectivity index (χ4v) is 1.34. The molecule has 4 heteroatoms. The summed E-state index contributed by atoms with van der Waals surface area (Å²) in [4.78, 5) is 22.8. The molecule has 0 aromatic heterocycles. The largest absolute Gasteiger partial charge is 0.273 e.